The molecule has 0 aromatic heterocycles. The van der Waals surface area contributed by atoms with E-state index in [1.807, 2.05) is 0 Å². The van der Waals surface area contributed by atoms with Gasteiger partial charge in [-0.2, -0.15) is 4.31 Å². The van der Waals surface area contributed by atoms with Gasteiger partial charge in [-0.3, -0.25) is 0 Å². The first-order valence-corrected chi connectivity index (χ1v) is 8.04. The van der Waals surface area contributed by atoms with E-state index in [2.05, 4.69) is 0 Å². The maximum Gasteiger partial charge on any atom is 0.246 e. The highest BCUT2D eigenvalue weighted by atomic mass is 32.2. The van der Waals surface area contributed by atoms with Crippen LogP contribution in [0.1, 0.15) is 32.6 Å². The van der Waals surface area contributed by atoms with E-state index in [0.717, 1.165) is 31.4 Å². The molecule has 1 fully saturated rings. The number of nitrogens with zero attached hydrogens (tertiary/aromatic N) is 1. The molecule has 1 saturated heterocycles. The van der Waals surface area contributed by atoms with E-state index < -0.39 is 26.6 Å². The van der Waals surface area contributed by atoms with Crippen molar-refractivity contribution in [2.45, 2.75) is 43.5 Å². The standard InChI is InChI=1S/C13H18F2N2O2S/c1-9-5-3-2-4-6-17(9)20(18,19)12-8-10(16)7-11(14)13(12)15/h7-9H,2-6,16H2,1H3. The van der Waals surface area contributed by atoms with E-state index in [4.69, 9.17) is 5.73 Å². The lowest BCUT2D eigenvalue weighted by molar-refractivity contribution is 0.339. The van der Waals surface area contributed by atoms with Crippen LogP contribution in [0.15, 0.2) is 17.0 Å². The predicted molar refractivity (Wildman–Crippen MR) is 72.6 cm³/mol. The van der Waals surface area contributed by atoms with Crippen LogP contribution in [-0.2, 0) is 10.0 Å². The minimum absolute atomic E-state index is 0.107. The zero-order valence-electron chi connectivity index (χ0n) is 11.3. The molecule has 1 aromatic rings. The summed E-state index contributed by atoms with van der Waals surface area (Å²) in [6, 6.07) is 1.53. The molecule has 0 spiro atoms. The van der Waals surface area contributed by atoms with Crippen molar-refractivity contribution in [3.05, 3.63) is 23.8 Å². The molecule has 20 heavy (non-hydrogen) atoms. The molecule has 1 aromatic carbocycles. The molecule has 0 bridgehead atoms. The van der Waals surface area contributed by atoms with Gasteiger partial charge in [0, 0.05) is 18.3 Å². The summed E-state index contributed by atoms with van der Waals surface area (Å²) in [6.45, 7) is 2.10. The summed E-state index contributed by atoms with van der Waals surface area (Å²) >= 11 is 0. The Morgan fingerprint density at radius 2 is 1.95 bits per heavy atom. The molecule has 2 rings (SSSR count). The molecule has 112 valence electrons. The van der Waals surface area contributed by atoms with Gasteiger partial charge in [-0.05, 0) is 31.9 Å². The van der Waals surface area contributed by atoms with Crippen molar-refractivity contribution in [1.82, 2.24) is 4.31 Å². The molecule has 1 aliphatic heterocycles. The zero-order chi connectivity index (χ0) is 14.9. The van der Waals surface area contributed by atoms with Crippen LogP contribution in [0.5, 0.6) is 0 Å². The van der Waals surface area contributed by atoms with Crippen LogP contribution < -0.4 is 5.73 Å². The lowest BCUT2D eigenvalue weighted by atomic mass is 10.1. The molecule has 1 heterocycles. The second kappa shape index (κ2) is 5.65. The highest BCUT2D eigenvalue weighted by Gasteiger charge is 2.33. The van der Waals surface area contributed by atoms with Gasteiger partial charge in [0.2, 0.25) is 10.0 Å². The lowest BCUT2D eigenvalue weighted by Gasteiger charge is -2.26. The van der Waals surface area contributed by atoms with E-state index >= 15 is 0 Å². The number of benzene rings is 1. The Kier molecular flexibility index (Phi) is 4.29. The van der Waals surface area contributed by atoms with Crippen LogP contribution in [0.3, 0.4) is 0 Å². The number of sulfonamides is 1. The quantitative estimate of drug-likeness (QED) is 0.854. The van der Waals surface area contributed by atoms with E-state index in [1.54, 1.807) is 6.92 Å². The number of halogens is 2. The number of hydrogen-bond donors (Lipinski definition) is 1. The fraction of sp³-hybridized carbons (Fsp3) is 0.538. The fourth-order valence-electron chi connectivity index (χ4n) is 2.50. The van der Waals surface area contributed by atoms with Gasteiger partial charge in [-0.1, -0.05) is 12.8 Å². The van der Waals surface area contributed by atoms with E-state index in [-0.39, 0.29) is 11.7 Å². The van der Waals surface area contributed by atoms with Crippen molar-refractivity contribution < 1.29 is 17.2 Å². The Morgan fingerprint density at radius 3 is 2.65 bits per heavy atom. The third kappa shape index (κ3) is 2.78. The SMILES string of the molecule is CC1CCCCCN1S(=O)(=O)c1cc(N)cc(F)c1F. The van der Waals surface area contributed by atoms with Crippen LogP contribution in [0.2, 0.25) is 0 Å². The number of anilines is 1. The molecule has 1 aliphatic rings. The van der Waals surface area contributed by atoms with Crippen LogP contribution in [0.25, 0.3) is 0 Å². The Hall–Kier alpha value is -1.21. The smallest absolute Gasteiger partial charge is 0.246 e. The molecule has 7 heteroatoms. The highest BCUT2D eigenvalue weighted by molar-refractivity contribution is 7.89. The van der Waals surface area contributed by atoms with Gasteiger partial charge in [-0.15, -0.1) is 0 Å². The summed E-state index contributed by atoms with van der Waals surface area (Å²) in [4.78, 5) is -0.677. The van der Waals surface area contributed by atoms with Crippen molar-refractivity contribution in [2.75, 3.05) is 12.3 Å². The van der Waals surface area contributed by atoms with Crippen molar-refractivity contribution in [3.8, 4) is 0 Å². The first-order valence-electron chi connectivity index (χ1n) is 6.60. The molecule has 0 aliphatic carbocycles. The maximum atomic E-state index is 13.8. The topological polar surface area (TPSA) is 63.4 Å². The molecule has 2 N–H and O–H groups in total. The number of nitrogen functional groups attached to an aromatic ring is 1. The van der Waals surface area contributed by atoms with Gasteiger partial charge in [0.05, 0.1) is 0 Å². The van der Waals surface area contributed by atoms with Crippen molar-refractivity contribution in [3.63, 3.8) is 0 Å². The predicted octanol–water partition coefficient (Wildman–Crippen LogP) is 2.50. The van der Waals surface area contributed by atoms with Crippen molar-refractivity contribution in [2.24, 2.45) is 0 Å². The fourth-order valence-corrected chi connectivity index (χ4v) is 4.31. The van der Waals surface area contributed by atoms with Crippen LogP contribution in [0, 0.1) is 11.6 Å². The number of rotatable bonds is 2. The molecular weight excluding hydrogens is 286 g/mol. The second-order valence-electron chi connectivity index (χ2n) is 5.13. The van der Waals surface area contributed by atoms with Gasteiger partial charge < -0.3 is 5.73 Å². The van der Waals surface area contributed by atoms with Gasteiger partial charge in [-0.25, -0.2) is 17.2 Å². The molecular formula is C13H18F2N2O2S. The molecule has 1 atom stereocenters. The highest BCUT2D eigenvalue weighted by Crippen LogP contribution is 2.28. The second-order valence-corrected chi connectivity index (χ2v) is 6.99. The van der Waals surface area contributed by atoms with Crippen molar-refractivity contribution >= 4 is 15.7 Å². The van der Waals surface area contributed by atoms with Crippen LogP contribution in [-0.4, -0.2) is 25.3 Å². The molecule has 0 amide bonds. The Morgan fingerprint density at radius 1 is 1.25 bits per heavy atom. The Labute approximate surface area is 117 Å². The molecule has 4 nitrogen and oxygen atoms in total. The molecule has 1 unspecified atom stereocenters. The minimum atomic E-state index is -4.07. The third-order valence-electron chi connectivity index (χ3n) is 3.60. The zero-order valence-corrected chi connectivity index (χ0v) is 12.1. The molecule has 0 radical (unpaired) electrons. The summed E-state index contributed by atoms with van der Waals surface area (Å²) in [5, 5.41) is 0. The van der Waals surface area contributed by atoms with E-state index in [0.29, 0.717) is 13.0 Å². The average Bonchev–Trinajstić information content (AvgIpc) is 2.58. The Balaban J connectivity index is 2.49. The summed E-state index contributed by atoms with van der Waals surface area (Å²) in [7, 11) is -4.07. The average molecular weight is 304 g/mol. The van der Waals surface area contributed by atoms with E-state index in [9.17, 15) is 17.2 Å². The summed E-state index contributed by atoms with van der Waals surface area (Å²) < 4.78 is 53.5. The van der Waals surface area contributed by atoms with Crippen molar-refractivity contribution in [1.29, 1.82) is 0 Å². The third-order valence-corrected chi connectivity index (χ3v) is 5.61. The van der Waals surface area contributed by atoms with Gasteiger partial charge in [0.1, 0.15) is 4.90 Å². The molecule has 0 saturated carbocycles. The van der Waals surface area contributed by atoms with E-state index in [1.165, 1.54) is 4.31 Å². The number of nitrogens with two attached hydrogens (primary N) is 1. The summed E-state index contributed by atoms with van der Waals surface area (Å²) in [5.41, 5.74) is 5.32. The maximum absolute atomic E-state index is 13.8. The minimum Gasteiger partial charge on any atom is -0.399 e. The normalized spacial score (nSPS) is 21.6. The van der Waals surface area contributed by atoms with Gasteiger partial charge in [0.15, 0.2) is 11.6 Å². The monoisotopic (exact) mass is 304 g/mol. The van der Waals surface area contributed by atoms with Gasteiger partial charge >= 0.3 is 0 Å². The summed E-state index contributed by atoms with van der Waals surface area (Å²) in [5.74, 6) is -2.61. The first kappa shape index (κ1) is 15.2. The van der Waals surface area contributed by atoms with Gasteiger partial charge in [0.25, 0.3) is 0 Å². The Bertz CT molecular complexity index is 605. The lowest BCUT2D eigenvalue weighted by Crippen LogP contribution is -2.38. The largest absolute Gasteiger partial charge is 0.399 e. The van der Waals surface area contributed by atoms with Crippen LogP contribution in [0.4, 0.5) is 14.5 Å². The summed E-state index contributed by atoms with van der Waals surface area (Å²) in [6.07, 6.45) is 3.30. The first-order chi connectivity index (χ1) is 9.34. The number of hydrogen-bond acceptors (Lipinski definition) is 3. The van der Waals surface area contributed by atoms with Crippen LogP contribution >= 0.6 is 0 Å².